The van der Waals surface area contributed by atoms with E-state index in [-0.39, 0.29) is 17.4 Å². The van der Waals surface area contributed by atoms with Crippen molar-refractivity contribution in [3.8, 4) is 5.88 Å². The second kappa shape index (κ2) is 8.26. The largest absolute Gasteiger partial charge is 0.473 e. The standard InChI is InChI=1S/C12H21N5O3/c1-4-16(5-2)8-7-13-11-10(17(18)19)12(20-6-3)15-9-14-11/h9H,4-8H2,1-3H3,(H,13,14,15). The molecule has 1 aromatic heterocycles. The van der Waals surface area contributed by atoms with Crippen LogP contribution in [0.3, 0.4) is 0 Å². The number of likely N-dealkylation sites (N-methyl/N-ethyl adjacent to an activating group) is 1. The molecule has 1 rings (SSSR count). The molecule has 0 aliphatic heterocycles. The van der Waals surface area contributed by atoms with Gasteiger partial charge in [-0.25, -0.2) is 4.98 Å². The summed E-state index contributed by atoms with van der Waals surface area (Å²) in [4.78, 5) is 20.5. The van der Waals surface area contributed by atoms with Gasteiger partial charge in [0.1, 0.15) is 6.33 Å². The molecule has 8 heteroatoms. The highest BCUT2D eigenvalue weighted by molar-refractivity contribution is 5.61. The lowest BCUT2D eigenvalue weighted by Gasteiger charge is -2.18. The summed E-state index contributed by atoms with van der Waals surface area (Å²) in [6, 6.07) is 0. The Morgan fingerprint density at radius 1 is 1.35 bits per heavy atom. The van der Waals surface area contributed by atoms with E-state index in [1.807, 2.05) is 0 Å². The zero-order chi connectivity index (χ0) is 15.0. The van der Waals surface area contributed by atoms with Gasteiger partial charge in [0.2, 0.25) is 5.82 Å². The van der Waals surface area contributed by atoms with E-state index in [4.69, 9.17) is 4.74 Å². The van der Waals surface area contributed by atoms with Crippen molar-refractivity contribution in [2.24, 2.45) is 0 Å². The third-order valence-electron chi connectivity index (χ3n) is 2.87. The Labute approximate surface area is 118 Å². The highest BCUT2D eigenvalue weighted by Crippen LogP contribution is 2.30. The van der Waals surface area contributed by atoms with Crippen molar-refractivity contribution >= 4 is 11.5 Å². The number of rotatable bonds is 9. The summed E-state index contributed by atoms with van der Waals surface area (Å²) in [5, 5.41) is 14.1. The van der Waals surface area contributed by atoms with Gasteiger partial charge >= 0.3 is 5.69 Å². The average Bonchev–Trinajstić information content (AvgIpc) is 2.44. The van der Waals surface area contributed by atoms with Gasteiger partial charge in [-0.15, -0.1) is 0 Å². The van der Waals surface area contributed by atoms with Crippen LogP contribution in [0, 0.1) is 10.1 Å². The number of anilines is 1. The van der Waals surface area contributed by atoms with E-state index in [9.17, 15) is 10.1 Å². The van der Waals surface area contributed by atoms with E-state index in [0.717, 1.165) is 19.6 Å². The van der Waals surface area contributed by atoms with Gasteiger partial charge in [-0.1, -0.05) is 13.8 Å². The van der Waals surface area contributed by atoms with Gasteiger partial charge in [0, 0.05) is 13.1 Å². The molecule has 0 atom stereocenters. The molecule has 112 valence electrons. The van der Waals surface area contributed by atoms with E-state index < -0.39 is 4.92 Å². The van der Waals surface area contributed by atoms with E-state index in [1.165, 1.54) is 6.33 Å². The van der Waals surface area contributed by atoms with Crippen LogP contribution in [0.5, 0.6) is 5.88 Å². The number of hydrogen-bond donors (Lipinski definition) is 1. The molecule has 0 saturated carbocycles. The molecule has 1 aromatic rings. The quantitative estimate of drug-likeness (QED) is 0.542. The first-order chi connectivity index (χ1) is 9.63. The van der Waals surface area contributed by atoms with Crippen LogP contribution >= 0.6 is 0 Å². The number of nitrogens with zero attached hydrogens (tertiary/aromatic N) is 4. The fraction of sp³-hybridized carbons (Fsp3) is 0.667. The summed E-state index contributed by atoms with van der Waals surface area (Å²) in [6.07, 6.45) is 1.26. The second-order valence-electron chi connectivity index (χ2n) is 4.02. The summed E-state index contributed by atoms with van der Waals surface area (Å²) >= 11 is 0. The van der Waals surface area contributed by atoms with E-state index >= 15 is 0 Å². The van der Waals surface area contributed by atoms with Crippen molar-refractivity contribution in [2.75, 3.05) is 38.1 Å². The Balaban J connectivity index is 2.78. The minimum absolute atomic E-state index is 0.00200. The molecule has 0 unspecified atom stereocenters. The minimum atomic E-state index is -0.523. The van der Waals surface area contributed by atoms with Gasteiger partial charge in [0.25, 0.3) is 5.88 Å². The van der Waals surface area contributed by atoms with Crippen LogP contribution in [0.1, 0.15) is 20.8 Å². The van der Waals surface area contributed by atoms with Gasteiger partial charge in [0.15, 0.2) is 0 Å². The zero-order valence-corrected chi connectivity index (χ0v) is 12.1. The lowest BCUT2D eigenvalue weighted by atomic mass is 10.4. The highest BCUT2D eigenvalue weighted by atomic mass is 16.6. The fourth-order valence-electron chi connectivity index (χ4n) is 1.77. The zero-order valence-electron chi connectivity index (χ0n) is 12.1. The van der Waals surface area contributed by atoms with Gasteiger partial charge < -0.3 is 15.0 Å². The molecular formula is C12H21N5O3. The summed E-state index contributed by atoms with van der Waals surface area (Å²) < 4.78 is 5.17. The van der Waals surface area contributed by atoms with E-state index in [0.29, 0.717) is 13.2 Å². The molecule has 0 aliphatic rings. The number of ether oxygens (including phenoxy) is 1. The lowest BCUT2D eigenvalue weighted by molar-refractivity contribution is -0.385. The maximum Gasteiger partial charge on any atom is 0.372 e. The van der Waals surface area contributed by atoms with Crippen molar-refractivity contribution in [1.82, 2.24) is 14.9 Å². The van der Waals surface area contributed by atoms with Gasteiger partial charge in [-0.05, 0) is 20.0 Å². The molecule has 0 fully saturated rings. The minimum Gasteiger partial charge on any atom is -0.473 e. The monoisotopic (exact) mass is 283 g/mol. The van der Waals surface area contributed by atoms with Gasteiger partial charge in [-0.3, -0.25) is 10.1 Å². The Hall–Kier alpha value is -1.96. The van der Waals surface area contributed by atoms with Crippen molar-refractivity contribution in [3.05, 3.63) is 16.4 Å². The summed E-state index contributed by atoms with van der Waals surface area (Å²) in [5.41, 5.74) is -0.214. The molecular weight excluding hydrogens is 262 g/mol. The smallest absolute Gasteiger partial charge is 0.372 e. The summed E-state index contributed by atoms with van der Waals surface area (Å²) in [5.74, 6) is 0.193. The predicted octanol–water partition coefficient (Wildman–Crippen LogP) is 1.54. The molecule has 0 spiro atoms. The molecule has 0 saturated heterocycles. The SMILES string of the molecule is CCOc1ncnc(NCCN(CC)CC)c1[N+](=O)[O-]. The third-order valence-corrected chi connectivity index (χ3v) is 2.87. The van der Waals surface area contributed by atoms with Crippen LogP contribution in [0.4, 0.5) is 11.5 Å². The van der Waals surface area contributed by atoms with Crippen LogP contribution in [-0.2, 0) is 0 Å². The van der Waals surface area contributed by atoms with Crippen molar-refractivity contribution in [2.45, 2.75) is 20.8 Å². The Kier molecular flexibility index (Phi) is 6.65. The first-order valence-electron chi connectivity index (χ1n) is 6.72. The van der Waals surface area contributed by atoms with Gasteiger partial charge in [0.05, 0.1) is 11.5 Å². The van der Waals surface area contributed by atoms with Crippen LogP contribution < -0.4 is 10.1 Å². The molecule has 0 radical (unpaired) electrons. The number of hydrogen-bond acceptors (Lipinski definition) is 7. The summed E-state index contributed by atoms with van der Waals surface area (Å²) in [6.45, 7) is 9.45. The molecule has 0 aliphatic carbocycles. The molecule has 20 heavy (non-hydrogen) atoms. The van der Waals surface area contributed by atoms with Crippen molar-refractivity contribution < 1.29 is 9.66 Å². The van der Waals surface area contributed by atoms with Crippen LogP contribution in [0.25, 0.3) is 0 Å². The second-order valence-corrected chi connectivity index (χ2v) is 4.02. The molecule has 1 N–H and O–H groups in total. The Bertz CT molecular complexity index is 437. The topological polar surface area (TPSA) is 93.4 Å². The molecule has 8 nitrogen and oxygen atoms in total. The van der Waals surface area contributed by atoms with Crippen molar-refractivity contribution in [3.63, 3.8) is 0 Å². The van der Waals surface area contributed by atoms with E-state index in [1.54, 1.807) is 6.92 Å². The van der Waals surface area contributed by atoms with E-state index in [2.05, 4.69) is 34.0 Å². The highest BCUT2D eigenvalue weighted by Gasteiger charge is 2.23. The molecule has 1 heterocycles. The molecule has 0 aromatic carbocycles. The average molecular weight is 283 g/mol. The first kappa shape index (κ1) is 16.1. The van der Waals surface area contributed by atoms with Crippen LogP contribution in [0.15, 0.2) is 6.33 Å². The van der Waals surface area contributed by atoms with Crippen LogP contribution in [0.2, 0.25) is 0 Å². The van der Waals surface area contributed by atoms with Crippen LogP contribution in [-0.4, -0.2) is 52.6 Å². The number of aromatic nitrogens is 2. The molecule has 0 amide bonds. The predicted molar refractivity (Wildman–Crippen MR) is 76.1 cm³/mol. The molecule has 0 bridgehead atoms. The Morgan fingerprint density at radius 2 is 2.05 bits per heavy atom. The van der Waals surface area contributed by atoms with Gasteiger partial charge in [-0.2, -0.15) is 4.98 Å². The summed E-state index contributed by atoms with van der Waals surface area (Å²) in [7, 11) is 0. The number of nitrogens with one attached hydrogen (secondary N) is 1. The lowest BCUT2D eigenvalue weighted by Crippen LogP contribution is -2.29. The number of nitro groups is 1. The Morgan fingerprint density at radius 3 is 2.60 bits per heavy atom. The normalized spacial score (nSPS) is 10.6. The first-order valence-corrected chi connectivity index (χ1v) is 6.72. The van der Waals surface area contributed by atoms with Crippen molar-refractivity contribution in [1.29, 1.82) is 0 Å². The maximum absolute atomic E-state index is 11.1. The maximum atomic E-state index is 11.1. The fourth-order valence-corrected chi connectivity index (χ4v) is 1.77. The third kappa shape index (κ3) is 4.30.